The summed E-state index contributed by atoms with van der Waals surface area (Å²) in [6.07, 6.45) is 4.57. The molecule has 0 saturated carbocycles. The Kier molecular flexibility index (Phi) is 10.4. The van der Waals surface area contributed by atoms with Crippen molar-refractivity contribution in [3.63, 3.8) is 0 Å². The molecule has 1 N–H and O–H groups in total. The number of benzene rings is 1. The highest BCUT2D eigenvalue weighted by atomic mass is 127. The second kappa shape index (κ2) is 12.5. The summed E-state index contributed by atoms with van der Waals surface area (Å²) in [5.41, 5.74) is 4.01. The van der Waals surface area contributed by atoms with Crippen LogP contribution in [0.5, 0.6) is 0 Å². The van der Waals surface area contributed by atoms with Crippen molar-refractivity contribution in [2.75, 3.05) is 59.4 Å². The van der Waals surface area contributed by atoms with Crippen LogP contribution in [0.15, 0.2) is 23.2 Å². The quantitative estimate of drug-likeness (QED) is 0.364. The zero-order chi connectivity index (χ0) is 20.6. The molecule has 0 spiro atoms. The number of nitrogens with zero attached hydrogens (tertiary/aromatic N) is 4. The lowest BCUT2D eigenvalue weighted by Gasteiger charge is -2.37. The summed E-state index contributed by atoms with van der Waals surface area (Å²) in [5.74, 6) is 1.27. The molecule has 0 atom stereocenters. The first kappa shape index (κ1) is 24.9. The van der Waals surface area contributed by atoms with Crippen molar-refractivity contribution in [2.45, 2.75) is 39.5 Å². The normalized spacial score (nSPS) is 18.2. The number of amides is 1. The fraction of sp³-hybridized carbons (Fsp3) is 0.652. The van der Waals surface area contributed by atoms with E-state index in [-0.39, 0.29) is 24.0 Å². The molecule has 30 heavy (non-hydrogen) atoms. The van der Waals surface area contributed by atoms with E-state index in [9.17, 15) is 4.79 Å². The van der Waals surface area contributed by atoms with Crippen molar-refractivity contribution in [1.82, 2.24) is 20.0 Å². The minimum Gasteiger partial charge on any atom is -0.356 e. The lowest BCUT2D eigenvalue weighted by atomic mass is 10.1. The van der Waals surface area contributed by atoms with Gasteiger partial charge in [-0.1, -0.05) is 29.3 Å². The molecule has 0 radical (unpaired) electrons. The van der Waals surface area contributed by atoms with Crippen LogP contribution in [0.2, 0.25) is 0 Å². The van der Waals surface area contributed by atoms with Crippen molar-refractivity contribution in [3.05, 3.63) is 34.9 Å². The van der Waals surface area contributed by atoms with Gasteiger partial charge in [-0.3, -0.25) is 14.7 Å². The molecular formula is C23H38IN5O. The number of aryl methyl sites for hydroxylation is 2. The van der Waals surface area contributed by atoms with Gasteiger partial charge in [0.25, 0.3) is 0 Å². The van der Waals surface area contributed by atoms with E-state index >= 15 is 0 Å². The van der Waals surface area contributed by atoms with Crippen molar-refractivity contribution in [1.29, 1.82) is 0 Å². The average molecular weight is 527 g/mol. The fourth-order valence-electron chi connectivity index (χ4n) is 4.42. The standard InChI is InChI=1S/C23H37N5O.HI/c1-19-15-20(2)17-21(16-19)7-8-25-23(24-3)28-13-11-26(12-14-28)18-22(29)27-9-5-4-6-10-27;/h15-17H,4-14,18H2,1-3H3,(H,24,25);1H. The van der Waals surface area contributed by atoms with Gasteiger partial charge in [-0.05, 0) is 45.1 Å². The highest BCUT2D eigenvalue weighted by molar-refractivity contribution is 14.0. The SMILES string of the molecule is CN=C(NCCc1cc(C)cc(C)c1)N1CCN(CC(=O)N2CCCCC2)CC1.I. The summed E-state index contributed by atoms with van der Waals surface area (Å²) >= 11 is 0. The molecule has 0 unspecified atom stereocenters. The van der Waals surface area contributed by atoms with E-state index in [4.69, 9.17) is 0 Å². The monoisotopic (exact) mass is 527 g/mol. The predicted octanol–water partition coefficient (Wildman–Crippen LogP) is 2.67. The van der Waals surface area contributed by atoms with Gasteiger partial charge in [-0.15, -0.1) is 24.0 Å². The van der Waals surface area contributed by atoms with Crippen LogP contribution >= 0.6 is 24.0 Å². The Morgan fingerprint density at radius 3 is 2.17 bits per heavy atom. The summed E-state index contributed by atoms with van der Waals surface area (Å²) in [6.45, 7) is 11.3. The van der Waals surface area contributed by atoms with Crippen LogP contribution in [0.4, 0.5) is 0 Å². The molecule has 1 aromatic carbocycles. The summed E-state index contributed by atoms with van der Waals surface area (Å²) in [6, 6.07) is 6.73. The molecule has 2 aliphatic heterocycles. The predicted molar refractivity (Wildman–Crippen MR) is 135 cm³/mol. The Bertz CT molecular complexity index is 689. The van der Waals surface area contributed by atoms with E-state index in [0.717, 1.165) is 71.0 Å². The molecule has 7 heteroatoms. The van der Waals surface area contributed by atoms with Gasteiger partial charge >= 0.3 is 0 Å². The first-order chi connectivity index (χ1) is 14.0. The van der Waals surface area contributed by atoms with Crippen LogP contribution in [-0.2, 0) is 11.2 Å². The Balaban J connectivity index is 0.00000320. The van der Waals surface area contributed by atoms with Crippen LogP contribution in [0, 0.1) is 13.8 Å². The molecule has 2 saturated heterocycles. The molecule has 168 valence electrons. The highest BCUT2D eigenvalue weighted by Crippen LogP contribution is 2.11. The highest BCUT2D eigenvalue weighted by Gasteiger charge is 2.23. The van der Waals surface area contributed by atoms with Crippen LogP contribution < -0.4 is 5.32 Å². The third kappa shape index (κ3) is 7.41. The zero-order valence-corrected chi connectivity index (χ0v) is 21.2. The van der Waals surface area contributed by atoms with E-state index in [2.05, 4.69) is 52.2 Å². The Labute approximate surface area is 199 Å². The van der Waals surface area contributed by atoms with Gasteiger partial charge in [0.15, 0.2) is 5.96 Å². The third-order valence-corrected chi connectivity index (χ3v) is 5.93. The maximum absolute atomic E-state index is 12.5. The second-order valence-electron chi connectivity index (χ2n) is 8.42. The second-order valence-corrected chi connectivity index (χ2v) is 8.42. The number of nitrogens with one attached hydrogen (secondary N) is 1. The van der Waals surface area contributed by atoms with Gasteiger partial charge in [-0.25, -0.2) is 0 Å². The van der Waals surface area contributed by atoms with Crippen LogP contribution in [0.25, 0.3) is 0 Å². The number of guanidine groups is 1. The van der Waals surface area contributed by atoms with E-state index in [1.165, 1.54) is 23.1 Å². The lowest BCUT2D eigenvalue weighted by Crippen LogP contribution is -2.54. The van der Waals surface area contributed by atoms with E-state index in [0.29, 0.717) is 12.5 Å². The molecular weight excluding hydrogens is 489 g/mol. The van der Waals surface area contributed by atoms with Gasteiger partial charge in [0.05, 0.1) is 6.54 Å². The maximum Gasteiger partial charge on any atom is 0.236 e. The van der Waals surface area contributed by atoms with Crippen LogP contribution in [-0.4, -0.2) is 86.0 Å². The first-order valence-electron chi connectivity index (χ1n) is 11.1. The largest absolute Gasteiger partial charge is 0.356 e. The minimum atomic E-state index is 0. The topological polar surface area (TPSA) is 51.2 Å². The number of hydrogen-bond acceptors (Lipinski definition) is 3. The van der Waals surface area contributed by atoms with Crippen molar-refractivity contribution in [2.24, 2.45) is 4.99 Å². The number of aliphatic imine (C=N–C) groups is 1. The summed E-state index contributed by atoms with van der Waals surface area (Å²) in [7, 11) is 1.85. The number of piperidine rings is 1. The molecule has 1 aromatic rings. The maximum atomic E-state index is 12.5. The Morgan fingerprint density at radius 1 is 0.933 bits per heavy atom. The molecule has 0 aromatic heterocycles. The van der Waals surface area contributed by atoms with Crippen LogP contribution in [0.3, 0.4) is 0 Å². The smallest absolute Gasteiger partial charge is 0.236 e. The van der Waals surface area contributed by atoms with Crippen molar-refractivity contribution in [3.8, 4) is 0 Å². The molecule has 1 amide bonds. The Morgan fingerprint density at radius 2 is 1.57 bits per heavy atom. The first-order valence-corrected chi connectivity index (χ1v) is 11.1. The lowest BCUT2D eigenvalue weighted by molar-refractivity contribution is -0.133. The van der Waals surface area contributed by atoms with Gasteiger partial charge in [0.2, 0.25) is 5.91 Å². The summed E-state index contributed by atoms with van der Waals surface area (Å²) < 4.78 is 0. The number of hydrogen-bond donors (Lipinski definition) is 1. The number of rotatable bonds is 5. The van der Waals surface area contributed by atoms with E-state index in [1.807, 2.05) is 11.9 Å². The number of carbonyl (C=O) groups excluding carboxylic acids is 1. The zero-order valence-electron chi connectivity index (χ0n) is 18.8. The third-order valence-electron chi connectivity index (χ3n) is 5.93. The van der Waals surface area contributed by atoms with Gasteiger partial charge in [0, 0.05) is 52.9 Å². The fourth-order valence-corrected chi connectivity index (χ4v) is 4.42. The van der Waals surface area contributed by atoms with Crippen LogP contribution in [0.1, 0.15) is 36.0 Å². The van der Waals surface area contributed by atoms with E-state index in [1.54, 1.807) is 0 Å². The molecule has 6 nitrogen and oxygen atoms in total. The van der Waals surface area contributed by atoms with Crippen molar-refractivity contribution >= 4 is 35.8 Å². The number of carbonyl (C=O) groups is 1. The van der Waals surface area contributed by atoms with Gasteiger partial charge in [-0.2, -0.15) is 0 Å². The molecule has 0 bridgehead atoms. The molecule has 2 aliphatic rings. The van der Waals surface area contributed by atoms with Crippen molar-refractivity contribution < 1.29 is 4.79 Å². The molecule has 0 aliphatic carbocycles. The minimum absolute atomic E-state index is 0. The average Bonchev–Trinajstić information content (AvgIpc) is 2.72. The molecule has 3 rings (SSSR count). The number of piperazine rings is 1. The molecule has 2 heterocycles. The van der Waals surface area contributed by atoms with Gasteiger partial charge in [0.1, 0.15) is 0 Å². The van der Waals surface area contributed by atoms with E-state index < -0.39 is 0 Å². The Hall–Kier alpha value is -1.35. The molecule has 2 fully saturated rings. The van der Waals surface area contributed by atoms with Gasteiger partial charge < -0.3 is 15.1 Å². The number of likely N-dealkylation sites (tertiary alicyclic amines) is 1. The summed E-state index contributed by atoms with van der Waals surface area (Å²) in [4.78, 5) is 23.6. The summed E-state index contributed by atoms with van der Waals surface area (Å²) in [5, 5.41) is 3.52. The number of halogens is 1.